The molecule has 736 valence electrons. The lowest BCUT2D eigenvalue weighted by Gasteiger charge is -2.63. The van der Waals surface area contributed by atoms with Crippen molar-refractivity contribution in [2.75, 3.05) is 40.6 Å². The molecule has 0 spiro atoms. The van der Waals surface area contributed by atoms with Crippen molar-refractivity contribution in [3.05, 3.63) is 246 Å². The van der Waals surface area contributed by atoms with Gasteiger partial charge in [0.1, 0.15) is 56.9 Å². The number of phenols is 4. The molecule has 0 amide bonds. The summed E-state index contributed by atoms with van der Waals surface area (Å²) in [6, 6.07) is 36.2. The van der Waals surface area contributed by atoms with E-state index in [2.05, 4.69) is 27.7 Å². The highest BCUT2D eigenvalue weighted by molar-refractivity contribution is 5.93. The third kappa shape index (κ3) is 17.5. The molecule has 17 aliphatic carbocycles. The number of ether oxygens (including phenoxy) is 10. The molecule has 17 aliphatic rings. The molecule has 16 saturated carbocycles. The average molecular weight is 1910 g/mol. The zero-order valence-electron chi connectivity index (χ0n) is 79.5. The molecular weight excluding hydrogens is 1790 g/mol. The molecule has 24 bridgehead atoms. The quantitative estimate of drug-likeness (QED) is 0.0198. The average Bonchev–Trinajstić information content (AvgIpc) is 0.718. The number of phenolic OH excluding ortho intramolecular Hbond substituents is 4. The summed E-state index contributed by atoms with van der Waals surface area (Å²) in [5.41, 5.74) is -6.07. The van der Waals surface area contributed by atoms with Gasteiger partial charge in [-0.1, -0.05) is 76.2 Å². The van der Waals surface area contributed by atoms with E-state index in [1.807, 2.05) is 0 Å². The van der Waals surface area contributed by atoms with Crippen LogP contribution in [0.25, 0.3) is 0 Å². The monoisotopic (exact) mass is 1910 g/mol. The number of benzene rings is 8. The minimum Gasteiger partial charge on any atom is -0.508 e. The van der Waals surface area contributed by atoms with Crippen LogP contribution >= 0.6 is 0 Å². The molecule has 0 aromatic heterocycles. The van der Waals surface area contributed by atoms with E-state index in [0.29, 0.717) is 125 Å². The van der Waals surface area contributed by atoms with E-state index < -0.39 is 179 Å². The molecule has 8 aromatic rings. The van der Waals surface area contributed by atoms with Gasteiger partial charge in [0.05, 0.1) is 72.1 Å². The minimum atomic E-state index is -1.31. The van der Waals surface area contributed by atoms with Crippen molar-refractivity contribution in [1.29, 1.82) is 0 Å². The summed E-state index contributed by atoms with van der Waals surface area (Å²) < 4.78 is 60.3. The number of aliphatic hydroxyl groups excluding tert-OH is 2. The predicted octanol–water partition coefficient (Wildman–Crippen LogP) is 15.2. The van der Waals surface area contributed by atoms with Gasteiger partial charge >= 0.3 is 47.8 Å². The number of rotatable bonds is 24. The Kier molecular flexibility index (Phi) is 22.8. The fourth-order valence-electron chi connectivity index (χ4n) is 31.9. The van der Waals surface area contributed by atoms with Crippen LogP contribution in [0.5, 0.6) is 34.5 Å². The number of carbonyl (C=O) groups is 8. The Balaban J connectivity index is 0.685. The third-order valence-electron chi connectivity index (χ3n) is 33.8. The summed E-state index contributed by atoms with van der Waals surface area (Å²) >= 11 is 0. The van der Waals surface area contributed by atoms with Crippen LogP contribution in [0.15, 0.2) is 146 Å². The molecule has 0 saturated heterocycles. The summed E-state index contributed by atoms with van der Waals surface area (Å²) in [7, 11) is 2.73. The van der Waals surface area contributed by atoms with Gasteiger partial charge < -0.3 is 98.4 Å². The van der Waals surface area contributed by atoms with Crippen LogP contribution in [-0.2, 0) is 70.3 Å². The number of hydrogen-bond acceptors (Lipinski definition) is 28. The van der Waals surface area contributed by atoms with Crippen LogP contribution in [-0.4, -0.2) is 184 Å². The highest BCUT2D eigenvalue weighted by atomic mass is 16.6. The highest BCUT2D eigenvalue weighted by Gasteiger charge is 2.68. The van der Waals surface area contributed by atoms with Crippen LogP contribution in [0.2, 0.25) is 0 Å². The molecule has 16 fully saturated rings. The first kappa shape index (κ1) is 94.3. The molecule has 8 aromatic carbocycles. The van der Waals surface area contributed by atoms with Crippen LogP contribution in [0.1, 0.15) is 325 Å². The third-order valence-corrected chi connectivity index (χ3v) is 33.8. The van der Waals surface area contributed by atoms with E-state index in [9.17, 15) is 89.4 Å². The van der Waals surface area contributed by atoms with Gasteiger partial charge in [-0.3, -0.25) is 0 Å². The molecule has 140 heavy (non-hydrogen) atoms. The topological polar surface area (TPSA) is 431 Å². The standard InChI is InChI=1S/C112H120O28/c1-101-31-61-35-105(127,49-101)57-109(39-61,53-101)137-89(119)45-133-97(123)69-15-7-65(8-16-69)93-76-26-78(84(116)24-74(76)44-114)95(67-11-19-71(20-12-67)99(125)135-47-91(121)139-111-41-63-33-103(3,55-111)51-107(129,37-63)59-111)82-28-80(86(118)30-88(82)132-6)96(68-13-21-72(22-14-68)100(126)136-48-92(122)140-112-42-64-34-104(4,56-112)52-108(130,38-64)60-112)81-27-79(85(117)29-87(81)131-5)94(75-25-77(93)83(115)23-73(75)43-113)66-9-17-70(18-10-66)98(124)134-46-90(120)138-110-40-62-32-102(2,54-110)50-106(128,36-62)58-110/h7-30,61-64,93-96,113-118,127-130H,31-60H2,1-6H3. The van der Waals surface area contributed by atoms with Crippen molar-refractivity contribution in [2.45, 2.75) is 263 Å². The Morgan fingerprint density at radius 3 is 0.714 bits per heavy atom. The number of aromatic hydroxyl groups is 4. The Morgan fingerprint density at radius 2 is 0.500 bits per heavy atom. The van der Waals surface area contributed by atoms with E-state index in [-0.39, 0.29) is 160 Å². The van der Waals surface area contributed by atoms with E-state index in [0.717, 1.165) is 25.7 Å². The second-order valence-electron chi connectivity index (χ2n) is 46.2. The molecule has 28 nitrogen and oxygen atoms in total. The van der Waals surface area contributed by atoms with Gasteiger partial charge in [0.2, 0.25) is 0 Å². The van der Waals surface area contributed by atoms with Gasteiger partial charge in [0.15, 0.2) is 26.4 Å². The molecule has 25 rings (SSSR count). The van der Waals surface area contributed by atoms with Gasteiger partial charge in [0, 0.05) is 94.9 Å². The van der Waals surface area contributed by atoms with Crippen LogP contribution in [0.4, 0.5) is 0 Å². The van der Waals surface area contributed by atoms with Crippen LogP contribution in [0.3, 0.4) is 0 Å². The molecule has 20 atom stereocenters. The largest absolute Gasteiger partial charge is 0.508 e. The van der Waals surface area contributed by atoms with Crippen molar-refractivity contribution >= 4 is 47.8 Å². The molecule has 20 unspecified atom stereocenters. The van der Waals surface area contributed by atoms with Crippen molar-refractivity contribution < 1.29 is 137 Å². The lowest BCUT2D eigenvalue weighted by atomic mass is 9.47. The van der Waals surface area contributed by atoms with Crippen molar-refractivity contribution in [1.82, 2.24) is 0 Å². The normalized spacial score (nSPS) is 33.7. The molecule has 0 aliphatic heterocycles. The van der Waals surface area contributed by atoms with E-state index >= 15 is 0 Å². The molecule has 0 heterocycles. The minimum absolute atomic E-state index is 0.0170. The summed E-state index contributed by atoms with van der Waals surface area (Å²) in [4.78, 5) is 113. The predicted molar refractivity (Wildman–Crippen MR) is 500 cm³/mol. The zero-order valence-corrected chi connectivity index (χ0v) is 79.5. The fraction of sp³-hybridized carbons (Fsp3) is 0.500. The van der Waals surface area contributed by atoms with Gasteiger partial charge in [-0.15, -0.1) is 0 Å². The van der Waals surface area contributed by atoms with Crippen molar-refractivity contribution in [3.8, 4) is 34.5 Å². The second kappa shape index (κ2) is 33.9. The van der Waals surface area contributed by atoms with Crippen molar-refractivity contribution in [2.24, 2.45) is 45.3 Å². The second-order valence-corrected chi connectivity index (χ2v) is 46.2. The van der Waals surface area contributed by atoms with Gasteiger partial charge in [-0.25, -0.2) is 38.4 Å². The maximum atomic E-state index is 14.4. The number of fused-ring (bicyclic) bond motifs is 8. The number of aliphatic hydroxyl groups is 6. The SMILES string of the molecule is COc1cc(O)c2cc1C(c1ccc(C(=O)OCC(=O)OC34CC5CC(C)(CC(O)(C5)C3)C4)cc1)c1cc(c(OC)cc1O)C(c1ccc(C(=O)OCC(=O)OC34CC5CC(C)(CC(O)(C5)C3)C4)cc1)c1cc(c(CO)cc1O)C(c1ccc(C(=O)OCC(=O)OC34CC5CC(C)(CC(O)(C5)C3)C4)cc1)c1cc(c(CO)cc1O)C2c1ccc(C(=O)OCC(=O)OC23CC4CC(C)(CC(O)(C4)C2)C3)cc1. The Morgan fingerprint density at radius 1 is 0.279 bits per heavy atom. The first-order valence-electron chi connectivity index (χ1n) is 49.0. The van der Waals surface area contributed by atoms with Gasteiger partial charge in [-0.2, -0.15) is 0 Å². The summed E-state index contributed by atoms with van der Waals surface area (Å²) in [5.74, 6) is -13.0. The van der Waals surface area contributed by atoms with E-state index in [4.69, 9.17) is 47.4 Å². The van der Waals surface area contributed by atoms with E-state index in [1.165, 1.54) is 87.0 Å². The maximum Gasteiger partial charge on any atom is 0.344 e. The maximum absolute atomic E-state index is 14.4. The molecule has 0 radical (unpaired) electrons. The molecule has 10 N–H and O–H groups in total. The van der Waals surface area contributed by atoms with Crippen molar-refractivity contribution in [3.63, 3.8) is 0 Å². The smallest absolute Gasteiger partial charge is 0.344 e. The number of carbonyl (C=O) groups excluding carboxylic acids is 8. The number of methoxy groups -OCH3 is 2. The van der Waals surface area contributed by atoms with Crippen LogP contribution in [0, 0.1) is 45.3 Å². The van der Waals surface area contributed by atoms with Gasteiger partial charge in [-0.05, 0) is 303 Å². The highest BCUT2D eigenvalue weighted by Crippen LogP contribution is 2.69. The summed E-state index contributed by atoms with van der Waals surface area (Å²) in [5, 5.41) is 123. The first-order valence-corrected chi connectivity index (χ1v) is 49.0. The fourth-order valence-corrected chi connectivity index (χ4v) is 31.9. The Labute approximate surface area is 809 Å². The zero-order chi connectivity index (χ0) is 98.3. The Hall–Kier alpha value is -11.9. The molecule has 28 heteroatoms. The lowest BCUT2D eigenvalue weighted by molar-refractivity contribution is -0.241. The first-order chi connectivity index (χ1) is 66.4. The lowest BCUT2D eigenvalue weighted by Crippen LogP contribution is -2.63. The summed E-state index contributed by atoms with van der Waals surface area (Å²) in [6.45, 7) is 3.84. The van der Waals surface area contributed by atoms with E-state index in [1.54, 1.807) is 72.8 Å². The van der Waals surface area contributed by atoms with Crippen LogP contribution < -0.4 is 9.47 Å². The Bertz CT molecular complexity index is 5560. The summed E-state index contributed by atoms with van der Waals surface area (Å²) in [6.07, 6.45) is 14.2. The number of esters is 8. The molecular formula is C112H120O28. The van der Waals surface area contributed by atoms with Gasteiger partial charge in [0.25, 0.3) is 0 Å². The number of hydrogen-bond donors (Lipinski definition) is 10.